The SMILES string of the molecule is COC1CCCC(Oc2cccc(SC)c2/C(N)=N/O)C1. The van der Waals surface area contributed by atoms with Gasteiger partial charge in [-0.05, 0) is 37.7 Å². The highest BCUT2D eigenvalue weighted by Gasteiger charge is 2.24. The van der Waals surface area contributed by atoms with Gasteiger partial charge in [-0.15, -0.1) is 11.8 Å². The number of ether oxygens (including phenoxy) is 2. The van der Waals surface area contributed by atoms with Gasteiger partial charge >= 0.3 is 0 Å². The molecule has 1 aliphatic carbocycles. The number of hydrogen-bond donors (Lipinski definition) is 2. The number of nitrogens with zero attached hydrogens (tertiary/aromatic N) is 1. The van der Waals surface area contributed by atoms with Crippen LogP contribution in [0.1, 0.15) is 31.2 Å². The maximum Gasteiger partial charge on any atom is 0.174 e. The molecule has 1 aliphatic rings. The summed E-state index contributed by atoms with van der Waals surface area (Å²) in [6.45, 7) is 0. The maximum absolute atomic E-state index is 9.00. The summed E-state index contributed by atoms with van der Waals surface area (Å²) < 4.78 is 11.5. The van der Waals surface area contributed by atoms with Crippen LogP contribution in [0.2, 0.25) is 0 Å². The number of methoxy groups -OCH3 is 1. The molecule has 6 heteroatoms. The molecule has 1 aromatic rings. The number of benzene rings is 1. The van der Waals surface area contributed by atoms with E-state index in [0.717, 1.165) is 30.6 Å². The van der Waals surface area contributed by atoms with Crippen molar-refractivity contribution in [3.63, 3.8) is 0 Å². The summed E-state index contributed by atoms with van der Waals surface area (Å²) in [6, 6.07) is 5.72. The standard InChI is InChI=1S/C15H22N2O3S/c1-19-10-5-3-6-11(9-10)20-12-7-4-8-13(21-2)14(12)15(16)17-18/h4,7-8,10-11,18H,3,5-6,9H2,1-2H3,(H2,16,17). The van der Waals surface area contributed by atoms with Crippen LogP contribution in [0, 0.1) is 0 Å². The molecule has 21 heavy (non-hydrogen) atoms. The first kappa shape index (κ1) is 16.0. The average Bonchev–Trinajstić information content (AvgIpc) is 2.54. The molecule has 0 bridgehead atoms. The van der Waals surface area contributed by atoms with E-state index < -0.39 is 0 Å². The van der Waals surface area contributed by atoms with Gasteiger partial charge in [-0.3, -0.25) is 0 Å². The van der Waals surface area contributed by atoms with Gasteiger partial charge in [0.1, 0.15) is 11.9 Å². The van der Waals surface area contributed by atoms with Gasteiger partial charge < -0.3 is 20.4 Å². The Bertz CT molecular complexity index is 508. The van der Waals surface area contributed by atoms with Crippen molar-refractivity contribution in [3.8, 4) is 5.75 Å². The highest BCUT2D eigenvalue weighted by atomic mass is 32.2. The quantitative estimate of drug-likeness (QED) is 0.287. The number of hydrogen-bond acceptors (Lipinski definition) is 5. The summed E-state index contributed by atoms with van der Waals surface area (Å²) in [5, 5.41) is 12.1. The van der Waals surface area contributed by atoms with E-state index in [1.165, 1.54) is 0 Å². The summed E-state index contributed by atoms with van der Waals surface area (Å²) in [5.74, 6) is 0.743. The molecular formula is C15H22N2O3S. The second kappa shape index (κ2) is 7.56. The van der Waals surface area contributed by atoms with Crippen LogP contribution >= 0.6 is 11.8 Å². The fourth-order valence-corrected chi connectivity index (χ4v) is 3.31. The molecule has 0 amide bonds. The van der Waals surface area contributed by atoms with Crippen molar-refractivity contribution in [2.24, 2.45) is 10.9 Å². The van der Waals surface area contributed by atoms with Gasteiger partial charge in [0.05, 0.1) is 11.7 Å². The van der Waals surface area contributed by atoms with Crippen LogP contribution in [0.4, 0.5) is 0 Å². The lowest BCUT2D eigenvalue weighted by Crippen LogP contribution is -2.30. The lowest BCUT2D eigenvalue weighted by molar-refractivity contribution is 0.0208. The molecule has 1 saturated carbocycles. The Labute approximate surface area is 129 Å². The van der Waals surface area contributed by atoms with Crippen molar-refractivity contribution in [2.75, 3.05) is 13.4 Å². The Kier molecular flexibility index (Phi) is 5.76. The first-order valence-electron chi connectivity index (χ1n) is 7.04. The van der Waals surface area contributed by atoms with Crippen LogP contribution in [-0.4, -0.2) is 36.6 Å². The molecule has 2 atom stereocenters. The van der Waals surface area contributed by atoms with E-state index in [-0.39, 0.29) is 18.0 Å². The first-order chi connectivity index (χ1) is 10.2. The molecule has 0 heterocycles. The molecule has 5 nitrogen and oxygen atoms in total. The Hall–Kier alpha value is -1.40. The van der Waals surface area contributed by atoms with E-state index in [9.17, 15) is 0 Å². The number of amidine groups is 1. The zero-order valence-electron chi connectivity index (χ0n) is 12.4. The molecular weight excluding hydrogens is 288 g/mol. The van der Waals surface area contributed by atoms with Crippen LogP contribution in [0.5, 0.6) is 5.75 Å². The zero-order valence-corrected chi connectivity index (χ0v) is 13.2. The number of thioether (sulfide) groups is 1. The molecule has 0 saturated heterocycles. The van der Waals surface area contributed by atoms with E-state index in [1.54, 1.807) is 18.9 Å². The molecule has 3 N–H and O–H groups in total. The predicted octanol–water partition coefficient (Wildman–Crippen LogP) is 2.84. The fourth-order valence-electron chi connectivity index (χ4n) is 2.68. The molecule has 0 radical (unpaired) electrons. The number of nitrogens with two attached hydrogens (primary N) is 1. The highest BCUT2D eigenvalue weighted by molar-refractivity contribution is 7.98. The summed E-state index contributed by atoms with van der Waals surface area (Å²) in [6.07, 6.45) is 6.34. The van der Waals surface area contributed by atoms with Gasteiger partial charge in [0.15, 0.2) is 5.84 Å². The third-order valence-corrected chi connectivity index (χ3v) is 4.56. The van der Waals surface area contributed by atoms with Gasteiger partial charge in [-0.25, -0.2) is 0 Å². The van der Waals surface area contributed by atoms with Crippen LogP contribution in [0.15, 0.2) is 28.3 Å². The summed E-state index contributed by atoms with van der Waals surface area (Å²) >= 11 is 1.54. The topological polar surface area (TPSA) is 77.1 Å². The Morgan fingerprint density at radius 3 is 2.81 bits per heavy atom. The third-order valence-electron chi connectivity index (χ3n) is 3.78. The van der Waals surface area contributed by atoms with Crippen molar-refractivity contribution in [2.45, 2.75) is 42.8 Å². The summed E-state index contributed by atoms with van der Waals surface area (Å²) in [4.78, 5) is 0.932. The normalized spacial score (nSPS) is 23.0. The number of oxime groups is 1. The second-order valence-corrected chi connectivity index (χ2v) is 5.93. The molecule has 2 rings (SSSR count). The fraction of sp³-hybridized carbons (Fsp3) is 0.533. The Balaban J connectivity index is 2.23. The van der Waals surface area contributed by atoms with Crippen LogP contribution in [-0.2, 0) is 4.74 Å². The lowest BCUT2D eigenvalue weighted by atomic mass is 9.95. The van der Waals surface area contributed by atoms with E-state index in [1.807, 2.05) is 24.5 Å². The van der Waals surface area contributed by atoms with E-state index in [4.69, 9.17) is 20.4 Å². The minimum atomic E-state index is 0.0778. The van der Waals surface area contributed by atoms with E-state index >= 15 is 0 Å². The minimum absolute atomic E-state index is 0.0778. The third kappa shape index (κ3) is 3.83. The predicted molar refractivity (Wildman–Crippen MR) is 84.4 cm³/mol. The zero-order chi connectivity index (χ0) is 15.2. The molecule has 1 aromatic carbocycles. The highest BCUT2D eigenvalue weighted by Crippen LogP contribution is 2.32. The van der Waals surface area contributed by atoms with Gasteiger partial charge in [0, 0.05) is 18.4 Å². The molecule has 0 aliphatic heterocycles. The molecule has 116 valence electrons. The van der Waals surface area contributed by atoms with Crippen molar-refractivity contribution < 1.29 is 14.7 Å². The smallest absolute Gasteiger partial charge is 0.174 e. The monoisotopic (exact) mass is 310 g/mol. The Morgan fingerprint density at radius 2 is 2.14 bits per heavy atom. The first-order valence-corrected chi connectivity index (χ1v) is 8.26. The van der Waals surface area contributed by atoms with Crippen molar-refractivity contribution >= 4 is 17.6 Å². The van der Waals surface area contributed by atoms with Crippen LogP contribution < -0.4 is 10.5 Å². The summed E-state index contributed by atoms with van der Waals surface area (Å²) in [7, 11) is 1.74. The van der Waals surface area contributed by atoms with Gasteiger partial charge in [-0.2, -0.15) is 0 Å². The maximum atomic E-state index is 9.00. The van der Waals surface area contributed by atoms with Gasteiger partial charge in [0.25, 0.3) is 0 Å². The minimum Gasteiger partial charge on any atom is -0.490 e. The van der Waals surface area contributed by atoms with Gasteiger partial charge in [0.2, 0.25) is 0 Å². The van der Waals surface area contributed by atoms with Crippen molar-refractivity contribution in [3.05, 3.63) is 23.8 Å². The van der Waals surface area contributed by atoms with Crippen molar-refractivity contribution in [1.29, 1.82) is 0 Å². The average molecular weight is 310 g/mol. The molecule has 0 aromatic heterocycles. The molecule has 0 spiro atoms. The van der Waals surface area contributed by atoms with Crippen molar-refractivity contribution in [1.82, 2.24) is 0 Å². The van der Waals surface area contributed by atoms with Crippen LogP contribution in [0.25, 0.3) is 0 Å². The van der Waals surface area contributed by atoms with E-state index in [2.05, 4.69) is 5.16 Å². The number of rotatable bonds is 5. The van der Waals surface area contributed by atoms with Gasteiger partial charge in [-0.1, -0.05) is 11.2 Å². The second-order valence-electron chi connectivity index (χ2n) is 5.08. The Morgan fingerprint density at radius 1 is 1.38 bits per heavy atom. The van der Waals surface area contributed by atoms with Crippen LogP contribution in [0.3, 0.4) is 0 Å². The van der Waals surface area contributed by atoms with E-state index in [0.29, 0.717) is 11.3 Å². The largest absolute Gasteiger partial charge is 0.490 e. The molecule has 1 fully saturated rings. The molecule has 2 unspecified atom stereocenters. The summed E-state index contributed by atoms with van der Waals surface area (Å²) in [5.41, 5.74) is 6.47. The lowest BCUT2D eigenvalue weighted by Gasteiger charge is -2.29.